The quantitative estimate of drug-likeness (QED) is 0.467. The minimum atomic E-state index is -0.276. The molecule has 1 N–H and O–H groups in total. The van der Waals surface area contributed by atoms with Crippen LogP contribution in [-0.4, -0.2) is 23.2 Å². The third kappa shape index (κ3) is 4.47. The van der Waals surface area contributed by atoms with Gasteiger partial charge in [-0.3, -0.25) is 4.79 Å². The lowest BCUT2D eigenvalue weighted by atomic mass is 10.0. The molecule has 1 amide bonds. The van der Waals surface area contributed by atoms with Crippen molar-refractivity contribution in [3.05, 3.63) is 90.2 Å². The van der Waals surface area contributed by atoms with E-state index in [2.05, 4.69) is 15.5 Å². The van der Waals surface area contributed by atoms with Crippen LogP contribution < -0.4 is 10.1 Å². The Bertz CT molecular complexity index is 1130. The van der Waals surface area contributed by atoms with Crippen LogP contribution in [0.2, 0.25) is 0 Å². The van der Waals surface area contributed by atoms with Crippen molar-refractivity contribution >= 4 is 17.6 Å². The molecule has 2 aromatic carbocycles. The molecule has 7 heteroatoms. The van der Waals surface area contributed by atoms with Gasteiger partial charge >= 0.3 is 0 Å². The molecule has 4 rings (SSSR count). The molecule has 0 aliphatic heterocycles. The number of nitrogens with one attached hydrogen (secondary N) is 1. The monoisotopic (exact) mass is 401 g/mol. The molecule has 2 aromatic heterocycles. The zero-order chi connectivity index (χ0) is 20.8. The normalized spacial score (nSPS) is 11.3. The number of hydrogen-bond acceptors (Lipinski definition) is 6. The third-order valence-electron chi connectivity index (χ3n) is 4.38. The van der Waals surface area contributed by atoms with Crippen molar-refractivity contribution in [3.63, 3.8) is 0 Å². The Kier molecular flexibility index (Phi) is 5.70. The largest absolute Gasteiger partial charge is 0.497 e. The van der Waals surface area contributed by atoms with E-state index in [4.69, 9.17) is 13.7 Å². The van der Waals surface area contributed by atoms with E-state index in [1.165, 1.54) is 0 Å². The predicted octanol–water partition coefficient (Wildman–Crippen LogP) is 4.20. The first-order valence-electron chi connectivity index (χ1n) is 9.29. The van der Waals surface area contributed by atoms with Crippen LogP contribution in [0.25, 0.3) is 23.0 Å². The lowest BCUT2D eigenvalue weighted by molar-refractivity contribution is -0.115. The Hall–Kier alpha value is -4.13. The Labute approximate surface area is 173 Å². The summed E-state index contributed by atoms with van der Waals surface area (Å²) in [6.07, 6.45) is 3.26. The van der Waals surface area contributed by atoms with Gasteiger partial charge < -0.3 is 19.0 Å². The van der Waals surface area contributed by atoms with Gasteiger partial charge in [0.2, 0.25) is 11.7 Å². The van der Waals surface area contributed by atoms with Crippen LogP contribution in [0, 0.1) is 0 Å². The Balaban J connectivity index is 1.48. The fourth-order valence-electron chi connectivity index (χ4n) is 2.85. The standard InChI is InChI=1S/C23H19N3O4/c1-28-18-11-9-17(10-12-18)22-25-21(30-26-22)15-24-23(27)20(14-19-8-5-13-29-19)16-6-3-2-4-7-16/h2-14H,15H2,1H3,(H,24,27)/b20-14+. The average Bonchev–Trinajstić information content (AvgIpc) is 3.49. The maximum atomic E-state index is 12.9. The molecule has 0 radical (unpaired) electrons. The lowest BCUT2D eigenvalue weighted by Crippen LogP contribution is -2.24. The summed E-state index contributed by atoms with van der Waals surface area (Å²) < 4.78 is 15.8. The molecular weight excluding hydrogens is 382 g/mol. The van der Waals surface area contributed by atoms with Gasteiger partial charge in [-0.05, 0) is 48.0 Å². The van der Waals surface area contributed by atoms with E-state index < -0.39 is 0 Å². The van der Waals surface area contributed by atoms with Crippen LogP contribution >= 0.6 is 0 Å². The minimum Gasteiger partial charge on any atom is -0.497 e. The van der Waals surface area contributed by atoms with E-state index in [1.54, 1.807) is 31.6 Å². The van der Waals surface area contributed by atoms with Gasteiger partial charge in [-0.2, -0.15) is 4.98 Å². The van der Waals surface area contributed by atoms with Gasteiger partial charge in [0.15, 0.2) is 0 Å². The number of carbonyl (C=O) groups is 1. The number of furan rings is 1. The molecule has 2 heterocycles. The fourth-order valence-corrected chi connectivity index (χ4v) is 2.85. The first-order chi connectivity index (χ1) is 14.7. The summed E-state index contributed by atoms with van der Waals surface area (Å²) in [4.78, 5) is 17.2. The van der Waals surface area contributed by atoms with Gasteiger partial charge in [0, 0.05) is 5.56 Å². The van der Waals surface area contributed by atoms with Crippen molar-refractivity contribution in [3.8, 4) is 17.1 Å². The number of carbonyl (C=O) groups excluding carboxylic acids is 1. The summed E-state index contributed by atoms with van der Waals surface area (Å²) in [5.74, 6) is 1.80. The number of rotatable bonds is 7. The number of ether oxygens (including phenoxy) is 1. The first kappa shape index (κ1) is 19.2. The second-order valence-corrected chi connectivity index (χ2v) is 6.36. The summed E-state index contributed by atoms with van der Waals surface area (Å²) >= 11 is 0. The van der Waals surface area contributed by atoms with Crippen molar-refractivity contribution in [2.45, 2.75) is 6.54 Å². The summed E-state index contributed by atoms with van der Waals surface area (Å²) in [6, 6.07) is 20.2. The summed E-state index contributed by atoms with van der Waals surface area (Å²) in [6.45, 7) is 0.102. The highest BCUT2D eigenvalue weighted by Gasteiger charge is 2.15. The van der Waals surface area contributed by atoms with E-state index >= 15 is 0 Å². The zero-order valence-corrected chi connectivity index (χ0v) is 16.2. The van der Waals surface area contributed by atoms with Crippen LogP contribution in [0.1, 0.15) is 17.2 Å². The van der Waals surface area contributed by atoms with Crippen LogP contribution in [0.3, 0.4) is 0 Å². The molecule has 30 heavy (non-hydrogen) atoms. The molecule has 0 atom stereocenters. The predicted molar refractivity (Wildman–Crippen MR) is 111 cm³/mol. The highest BCUT2D eigenvalue weighted by Crippen LogP contribution is 2.21. The highest BCUT2D eigenvalue weighted by atomic mass is 16.5. The SMILES string of the molecule is COc1ccc(-c2noc(CNC(=O)/C(=C/c3ccco3)c3ccccc3)n2)cc1. The molecule has 0 aliphatic rings. The zero-order valence-electron chi connectivity index (χ0n) is 16.2. The number of hydrogen-bond donors (Lipinski definition) is 1. The lowest BCUT2D eigenvalue weighted by Gasteiger charge is -2.07. The van der Waals surface area contributed by atoms with Crippen LogP contribution in [0.4, 0.5) is 0 Å². The molecule has 0 saturated carbocycles. The molecule has 0 spiro atoms. The first-order valence-corrected chi connectivity index (χ1v) is 9.29. The molecule has 7 nitrogen and oxygen atoms in total. The van der Waals surface area contributed by atoms with Gasteiger partial charge in [0.05, 0.1) is 25.5 Å². The van der Waals surface area contributed by atoms with Crippen molar-refractivity contribution in [1.82, 2.24) is 15.5 Å². The number of nitrogens with zero attached hydrogens (tertiary/aromatic N) is 2. The second kappa shape index (κ2) is 8.91. The smallest absolute Gasteiger partial charge is 0.252 e. The van der Waals surface area contributed by atoms with Crippen molar-refractivity contribution < 1.29 is 18.5 Å². The van der Waals surface area contributed by atoms with Gasteiger partial charge in [0.1, 0.15) is 11.5 Å². The van der Waals surface area contributed by atoms with Crippen LogP contribution in [0.5, 0.6) is 5.75 Å². The molecule has 0 aliphatic carbocycles. The number of benzene rings is 2. The van der Waals surface area contributed by atoms with Gasteiger partial charge in [-0.15, -0.1) is 0 Å². The maximum absolute atomic E-state index is 12.9. The van der Waals surface area contributed by atoms with E-state index in [9.17, 15) is 4.79 Å². The Morgan fingerprint density at radius 1 is 1.07 bits per heavy atom. The summed E-state index contributed by atoms with van der Waals surface area (Å²) in [5.41, 5.74) is 2.04. The van der Waals surface area contributed by atoms with E-state index in [-0.39, 0.29) is 12.5 Å². The molecule has 0 unspecified atom stereocenters. The topological polar surface area (TPSA) is 90.4 Å². The Morgan fingerprint density at radius 2 is 1.87 bits per heavy atom. The molecular formula is C23H19N3O4. The average molecular weight is 401 g/mol. The van der Waals surface area contributed by atoms with Crippen molar-refractivity contribution in [1.29, 1.82) is 0 Å². The number of aromatic nitrogens is 2. The van der Waals surface area contributed by atoms with Crippen molar-refractivity contribution in [2.75, 3.05) is 7.11 Å². The molecule has 4 aromatic rings. The molecule has 150 valence electrons. The Morgan fingerprint density at radius 3 is 2.57 bits per heavy atom. The molecule has 0 bridgehead atoms. The van der Waals surface area contributed by atoms with Gasteiger partial charge in [0.25, 0.3) is 5.91 Å². The highest BCUT2D eigenvalue weighted by molar-refractivity contribution is 6.23. The number of amides is 1. The van der Waals surface area contributed by atoms with E-state index in [1.807, 2.05) is 54.6 Å². The third-order valence-corrected chi connectivity index (χ3v) is 4.38. The van der Waals surface area contributed by atoms with Crippen LogP contribution in [-0.2, 0) is 11.3 Å². The van der Waals surface area contributed by atoms with E-state index in [0.717, 1.165) is 16.9 Å². The van der Waals surface area contributed by atoms with Crippen LogP contribution in [0.15, 0.2) is 81.9 Å². The second-order valence-electron chi connectivity index (χ2n) is 6.36. The summed E-state index contributed by atoms with van der Waals surface area (Å²) in [5, 5.41) is 6.80. The van der Waals surface area contributed by atoms with Gasteiger partial charge in [-0.1, -0.05) is 35.5 Å². The molecule has 0 saturated heterocycles. The number of methoxy groups -OCH3 is 1. The van der Waals surface area contributed by atoms with Crippen molar-refractivity contribution in [2.24, 2.45) is 0 Å². The minimum absolute atomic E-state index is 0.102. The molecule has 0 fully saturated rings. The van der Waals surface area contributed by atoms with E-state index in [0.29, 0.717) is 23.0 Å². The fraction of sp³-hybridized carbons (Fsp3) is 0.0870. The van der Waals surface area contributed by atoms with Gasteiger partial charge in [-0.25, -0.2) is 0 Å². The summed E-state index contributed by atoms with van der Waals surface area (Å²) in [7, 11) is 1.61. The maximum Gasteiger partial charge on any atom is 0.252 e.